The van der Waals surface area contributed by atoms with Gasteiger partial charge in [-0.1, -0.05) is 12.6 Å². The van der Waals surface area contributed by atoms with E-state index in [1.165, 1.54) is 0 Å². The van der Waals surface area contributed by atoms with Crippen LogP contribution in [0.15, 0.2) is 30.4 Å². The van der Waals surface area contributed by atoms with Gasteiger partial charge in [-0.3, -0.25) is 0 Å². The number of hydrogen-bond donors (Lipinski definition) is 0. The molecule has 0 saturated heterocycles. The van der Waals surface area contributed by atoms with Crippen molar-refractivity contribution >= 4 is 5.97 Å². The van der Waals surface area contributed by atoms with Gasteiger partial charge < -0.3 is 18.9 Å². The first-order valence-corrected chi connectivity index (χ1v) is 6.02. The van der Waals surface area contributed by atoms with E-state index in [4.69, 9.17) is 18.9 Å². The van der Waals surface area contributed by atoms with Crippen LogP contribution >= 0.6 is 0 Å². The zero-order chi connectivity index (χ0) is 13.7. The van der Waals surface area contributed by atoms with Crippen molar-refractivity contribution in [2.45, 2.75) is 13.5 Å². The number of carbonyl (C=O) groups excluding carboxylic acids is 1. The molecule has 5 nitrogen and oxygen atoms in total. The highest BCUT2D eigenvalue weighted by atomic mass is 16.7. The van der Waals surface area contributed by atoms with Crippen molar-refractivity contribution in [3.05, 3.63) is 35.9 Å². The summed E-state index contributed by atoms with van der Waals surface area (Å²) in [4.78, 5) is 11.3. The summed E-state index contributed by atoms with van der Waals surface area (Å²) in [6.45, 7) is 6.47. The van der Waals surface area contributed by atoms with Crippen molar-refractivity contribution < 1.29 is 23.7 Å². The van der Waals surface area contributed by atoms with Gasteiger partial charge in [0.2, 0.25) is 6.79 Å². The molecular weight excluding hydrogens is 248 g/mol. The molecule has 2 rings (SSSR count). The second-order valence-corrected chi connectivity index (χ2v) is 4.00. The normalized spacial score (nSPS) is 12.3. The fraction of sp³-hybridized carbons (Fsp3) is 0.357. The highest BCUT2D eigenvalue weighted by Gasteiger charge is 2.13. The third-order valence-electron chi connectivity index (χ3n) is 2.55. The van der Waals surface area contributed by atoms with Gasteiger partial charge in [0.05, 0.1) is 25.4 Å². The lowest BCUT2D eigenvalue weighted by molar-refractivity contribution is -0.139. The van der Waals surface area contributed by atoms with Crippen LogP contribution in [0.25, 0.3) is 0 Å². The molecule has 5 heteroatoms. The summed E-state index contributed by atoms with van der Waals surface area (Å²) in [5.41, 5.74) is 1.25. The number of ether oxygens (including phenoxy) is 4. The van der Waals surface area contributed by atoms with Crippen LogP contribution in [0.1, 0.15) is 12.5 Å². The number of hydrogen-bond acceptors (Lipinski definition) is 5. The highest BCUT2D eigenvalue weighted by Crippen LogP contribution is 2.32. The van der Waals surface area contributed by atoms with Crippen molar-refractivity contribution in [1.82, 2.24) is 0 Å². The fourth-order valence-corrected chi connectivity index (χ4v) is 1.61. The van der Waals surface area contributed by atoms with Crippen molar-refractivity contribution in [2.75, 3.05) is 20.0 Å². The Morgan fingerprint density at radius 3 is 2.95 bits per heavy atom. The monoisotopic (exact) mass is 264 g/mol. The topological polar surface area (TPSA) is 54.0 Å². The first-order chi connectivity index (χ1) is 9.20. The summed E-state index contributed by atoms with van der Waals surface area (Å²) < 4.78 is 20.7. The average molecular weight is 264 g/mol. The summed E-state index contributed by atoms with van der Waals surface area (Å²) in [5, 5.41) is 0. The van der Waals surface area contributed by atoms with Gasteiger partial charge in [0, 0.05) is 0 Å². The summed E-state index contributed by atoms with van der Waals surface area (Å²) in [7, 11) is 0. The van der Waals surface area contributed by atoms with Gasteiger partial charge in [-0.2, -0.15) is 0 Å². The highest BCUT2D eigenvalue weighted by molar-refractivity contribution is 5.87. The summed E-state index contributed by atoms with van der Waals surface area (Å²) in [6.07, 6.45) is 0. The lowest BCUT2D eigenvalue weighted by atomic mass is 10.2. The average Bonchev–Trinajstić information content (AvgIpc) is 2.86. The minimum Gasteiger partial charge on any atom is -0.463 e. The molecule has 1 heterocycles. The molecule has 0 atom stereocenters. The SMILES string of the molecule is C=C(COCc1ccc2c(c1)OCO2)C(=O)OCC. The molecule has 1 aromatic carbocycles. The Labute approximate surface area is 111 Å². The van der Waals surface area contributed by atoms with Crippen LogP contribution in [0.3, 0.4) is 0 Å². The Balaban J connectivity index is 1.80. The van der Waals surface area contributed by atoms with Crippen LogP contribution in [0.5, 0.6) is 11.5 Å². The summed E-state index contributed by atoms with van der Waals surface area (Å²) >= 11 is 0. The van der Waals surface area contributed by atoms with E-state index in [1.54, 1.807) is 6.92 Å². The molecule has 0 spiro atoms. The largest absolute Gasteiger partial charge is 0.463 e. The van der Waals surface area contributed by atoms with E-state index in [1.807, 2.05) is 18.2 Å². The molecule has 1 aliphatic heterocycles. The fourth-order valence-electron chi connectivity index (χ4n) is 1.61. The van der Waals surface area contributed by atoms with Crippen molar-refractivity contribution in [3.63, 3.8) is 0 Å². The van der Waals surface area contributed by atoms with Crippen LogP contribution in [0, 0.1) is 0 Å². The lowest BCUT2D eigenvalue weighted by Gasteiger charge is -2.07. The molecular formula is C14H16O5. The van der Waals surface area contributed by atoms with Crippen molar-refractivity contribution in [2.24, 2.45) is 0 Å². The smallest absolute Gasteiger partial charge is 0.335 e. The van der Waals surface area contributed by atoms with Crippen LogP contribution in [0.4, 0.5) is 0 Å². The van der Waals surface area contributed by atoms with E-state index in [0.717, 1.165) is 11.3 Å². The third kappa shape index (κ3) is 3.48. The molecule has 0 unspecified atom stereocenters. The Morgan fingerprint density at radius 2 is 2.16 bits per heavy atom. The van der Waals surface area contributed by atoms with E-state index < -0.39 is 5.97 Å². The second kappa shape index (κ2) is 6.24. The van der Waals surface area contributed by atoms with Gasteiger partial charge in [-0.25, -0.2) is 4.79 Å². The van der Waals surface area contributed by atoms with Crippen LogP contribution in [-0.2, 0) is 20.9 Å². The predicted octanol–water partition coefficient (Wildman–Crippen LogP) is 2.05. The van der Waals surface area contributed by atoms with Gasteiger partial charge in [-0.15, -0.1) is 0 Å². The molecule has 19 heavy (non-hydrogen) atoms. The lowest BCUT2D eigenvalue weighted by Crippen LogP contribution is -2.11. The second-order valence-electron chi connectivity index (χ2n) is 4.00. The maximum Gasteiger partial charge on any atom is 0.335 e. The van der Waals surface area contributed by atoms with Gasteiger partial charge >= 0.3 is 5.97 Å². The Kier molecular flexibility index (Phi) is 4.41. The standard InChI is InChI=1S/C14H16O5/c1-3-17-14(15)10(2)7-16-8-11-4-5-12-13(6-11)19-9-18-12/h4-6H,2-3,7-9H2,1H3. The van der Waals surface area contributed by atoms with Gasteiger partial charge in [-0.05, 0) is 24.6 Å². The van der Waals surface area contributed by atoms with E-state index in [9.17, 15) is 4.79 Å². The molecule has 102 valence electrons. The number of benzene rings is 1. The Bertz CT molecular complexity index is 481. The number of carbonyl (C=O) groups is 1. The zero-order valence-electron chi connectivity index (χ0n) is 10.8. The van der Waals surface area contributed by atoms with Gasteiger partial charge in [0.25, 0.3) is 0 Å². The van der Waals surface area contributed by atoms with Gasteiger partial charge in [0.15, 0.2) is 11.5 Å². The number of rotatable bonds is 6. The molecule has 0 aromatic heterocycles. The quantitative estimate of drug-likeness (QED) is 0.581. The van der Waals surface area contributed by atoms with E-state index in [2.05, 4.69) is 6.58 Å². The van der Waals surface area contributed by atoms with E-state index in [-0.39, 0.29) is 13.4 Å². The van der Waals surface area contributed by atoms with E-state index in [0.29, 0.717) is 24.5 Å². The maximum atomic E-state index is 11.3. The molecule has 0 fully saturated rings. The number of esters is 1. The van der Waals surface area contributed by atoms with Crippen molar-refractivity contribution in [3.8, 4) is 11.5 Å². The molecule has 0 aliphatic carbocycles. The first-order valence-electron chi connectivity index (χ1n) is 6.02. The zero-order valence-corrected chi connectivity index (χ0v) is 10.8. The van der Waals surface area contributed by atoms with Crippen LogP contribution < -0.4 is 9.47 Å². The third-order valence-corrected chi connectivity index (χ3v) is 2.55. The molecule has 1 aromatic rings. The molecule has 1 aliphatic rings. The van der Waals surface area contributed by atoms with E-state index >= 15 is 0 Å². The summed E-state index contributed by atoms with van der Waals surface area (Å²) in [5.74, 6) is 1.03. The van der Waals surface area contributed by atoms with Gasteiger partial charge in [0.1, 0.15) is 0 Å². The molecule has 0 amide bonds. The number of fused-ring (bicyclic) bond motifs is 1. The minimum atomic E-state index is -0.423. The van der Waals surface area contributed by atoms with Crippen LogP contribution in [0.2, 0.25) is 0 Å². The Hall–Kier alpha value is -2.01. The molecule has 0 N–H and O–H groups in total. The summed E-state index contributed by atoms with van der Waals surface area (Å²) in [6, 6.07) is 5.58. The minimum absolute atomic E-state index is 0.146. The predicted molar refractivity (Wildman–Crippen MR) is 68.0 cm³/mol. The molecule has 0 saturated carbocycles. The first kappa shape index (κ1) is 13.4. The Morgan fingerprint density at radius 1 is 1.37 bits per heavy atom. The molecule has 0 bridgehead atoms. The molecule has 0 radical (unpaired) electrons. The van der Waals surface area contributed by atoms with Crippen molar-refractivity contribution in [1.29, 1.82) is 0 Å². The van der Waals surface area contributed by atoms with Crippen LogP contribution in [-0.4, -0.2) is 26.0 Å². The maximum absolute atomic E-state index is 11.3.